The van der Waals surface area contributed by atoms with Crippen LogP contribution in [0.4, 0.5) is 5.69 Å². The maximum Gasteiger partial charge on any atom is 0.262 e. The molecule has 182 valence electrons. The minimum Gasteiger partial charge on any atom is -0.385 e. The number of piperidine rings is 1. The third kappa shape index (κ3) is 7.01. The molecule has 0 radical (unpaired) electrons. The molecule has 4 amide bonds. The third-order valence-electron chi connectivity index (χ3n) is 6.15. The number of hydrogen-bond acceptors (Lipinski definition) is 6. The summed E-state index contributed by atoms with van der Waals surface area (Å²) >= 11 is 0. The number of hydrogen-bond donors (Lipinski definition) is 3. The topological polar surface area (TPSA) is 122 Å². The molecule has 1 aromatic carbocycles. The lowest BCUT2D eigenvalue weighted by atomic mass is 10.0. The van der Waals surface area contributed by atoms with Crippen LogP contribution in [0.3, 0.4) is 0 Å². The fourth-order valence-electron chi connectivity index (χ4n) is 4.32. The van der Waals surface area contributed by atoms with Gasteiger partial charge in [-0.1, -0.05) is 44.9 Å². The van der Waals surface area contributed by atoms with Gasteiger partial charge in [0.2, 0.25) is 11.8 Å². The Labute approximate surface area is 201 Å². The number of nitrogens with one attached hydrogen (secondary N) is 2. The van der Waals surface area contributed by atoms with E-state index in [1.807, 2.05) is 0 Å². The molecule has 0 bridgehead atoms. The number of fused-ring (bicyclic) bond motifs is 1. The van der Waals surface area contributed by atoms with Gasteiger partial charge in [0.05, 0.1) is 11.1 Å². The van der Waals surface area contributed by atoms with Crippen LogP contribution < -0.4 is 16.4 Å². The predicted molar refractivity (Wildman–Crippen MR) is 129 cm³/mol. The molecule has 3 rings (SSSR count). The Morgan fingerprint density at radius 1 is 0.879 bits per heavy atom. The van der Waals surface area contributed by atoms with Crippen molar-refractivity contribution in [1.82, 2.24) is 10.2 Å². The quantitative estimate of drug-likeness (QED) is 0.295. The monoisotopic (exact) mass is 478 g/mol. The average Bonchev–Trinajstić information content (AvgIpc) is 3.02. The molecule has 33 heavy (non-hydrogen) atoms. The Morgan fingerprint density at radius 2 is 1.48 bits per heavy atom. The second kappa shape index (κ2) is 13.3. The molecule has 1 saturated heterocycles. The number of nitrogens with zero attached hydrogens (tertiary/aromatic N) is 1. The summed E-state index contributed by atoms with van der Waals surface area (Å²) in [4.78, 5) is 50.1. The number of halogens is 1. The number of benzene rings is 1. The van der Waals surface area contributed by atoms with Gasteiger partial charge in [-0.2, -0.15) is 0 Å². The van der Waals surface area contributed by atoms with Crippen LogP contribution in [0.15, 0.2) is 18.2 Å². The number of imide groups is 2. The van der Waals surface area contributed by atoms with Crippen LogP contribution in [-0.4, -0.2) is 47.7 Å². The molecule has 9 heteroatoms. The second-order valence-electron chi connectivity index (χ2n) is 8.61. The highest BCUT2D eigenvalue weighted by atomic mass is 35.5. The Bertz CT molecular complexity index is 861. The first-order valence-corrected chi connectivity index (χ1v) is 11.8. The zero-order valence-corrected chi connectivity index (χ0v) is 19.9. The highest BCUT2D eigenvalue weighted by Crippen LogP contribution is 2.29. The Hall–Kier alpha value is -2.45. The molecule has 2 heterocycles. The van der Waals surface area contributed by atoms with Gasteiger partial charge in [0, 0.05) is 18.7 Å². The van der Waals surface area contributed by atoms with Crippen molar-refractivity contribution in [3.8, 4) is 0 Å². The molecule has 1 unspecified atom stereocenters. The number of carbonyl (C=O) groups excluding carboxylic acids is 4. The fourth-order valence-corrected chi connectivity index (χ4v) is 4.32. The Morgan fingerprint density at radius 3 is 2.12 bits per heavy atom. The molecule has 1 aromatic rings. The van der Waals surface area contributed by atoms with Crippen LogP contribution in [0.25, 0.3) is 0 Å². The number of amides is 4. The minimum absolute atomic E-state index is 0. The molecule has 8 nitrogen and oxygen atoms in total. The number of carbonyl (C=O) groups is 4. The molecule has 4 N–H and O–H groups in total. The van der Waals surface area contributed by atoms with Crippen molar-refractivity contribution in [2.24, 2.45) is 5.73 Å². The summed E-state index contributed by atoms with van der Waals surface area (Å²) in [6.45, 7) is 1.59. The van der Waals surface area contributed by atoms with Gasteiger partial charge < -0.3 is 11.1 Å². The predicted octanol–water partition coefficient (Wildman–Crippen LogP) is 3.39. The Balaban J connectivity index is 0.00000385. The van der Waals surface area contributed by atoms with Crippen molar-refractivity contribution in [3.63, 3.8) is 0 Å². The van der Waals surface area contributed by atoms with Crippen molar-refractivity contribution in [1.29, 1.82) is 0 Å². The van der Waals surface area contributed by atoms with E-state index in [1.54, 1.807) is 18.2 Å². The molecule has 0 aliphatic carbocycles. The maximum absolute atomic E-state index is 12.9. The van der Waals surface area contributed by atoms with Crippen molar-refractivity contribution in [2.45, 2.75) is 76.7 Å². The van der Waals surface area contributed by atoms with E-state index in [2.05, 4.69) is 10.6 Å². The molecule has 0 saturated carbocycles. The SMILES string of the molecule is Cl.NCCCCCCCCCCCNc1ccc2c(c1)C(=O)N(C1CCC(=O)NC1=O)C2=O. The van der Waals surface area contributed by atoms with Crippen LogP contribution in [-0.2, 0) is 9.59 Å². The minimum atomic E-state index is -0.933. The van der Waals surface area contributed by atoms with Gasteiger partial charge in [-0.05, 0) is 44.0 Å². The number of nitrogens with two attached hydrogens (primary N) is 1. The van der Waals surface area contributed by atoms with Crippen molar-refractivity contribution < 1.29 is 19.2 Å². The van der Waals surface area contributed by atoms with E-state index in [0.717, 1.165) is 42.9 Å². The highest BCUT2D eigenvalue weighted by molar-refractivity contribution is 6.23. The lowest BCUT2D eigenvalue weighted by Gasteiger charge is -2.27. The molecule has 2 aliphatic heterocycles. The van der Waals surface area contributed by atoms with Gasteiger partial charge in [0.1, 0.15) is 6.04 Å². The Kier molecular flexibility index (Phi) is 10.8. The lowest BCUT2D eigenvalue weighted by molar-refractivity contribution is -0.136. The van der Waals surface area contributed by atoms with Crippen molar-refractivity contribution >= 4 is 41.7 Å². The summed E-state index contributed by atoms with van der Waals surface area (Å²) in [6, 6.07) is 4.17. The van der Waals surface area contributed by atoms with Crippen LogP contribution >= 0.6 is 12.4 Å². The summed E-state index contributed by atoms with van der Waals surface area (Å²) in [5.74, 6) is -1.93. The van der Waals surface area contributed by atoms with Crippen molar-refractivity contribution in [3.05, 3.63) is 29.3 Å². The van der Waals surface area contributed by atoms with E-state index in [9.17, 15) is 19.2 Å². The fraction of sp³-hybridized carbons (Fsp3) is 0.583. The molecule has 2 aliphatic rings. The largest absolute Gasteiger partial charge is 0.385 e. The number of unbranched alkanes of at least 4 members (excludes halogenated alkanes) is 8. The first-order chi connectivity index (χ1) is 15.5. The zero-order chi connectivity index (χ0) is 22.9. The van der Waals surface area contributed by atoms with Gasteiger partial charge in [0.25, 0.3) is 11.8 Å². The van der Waals surface area contributed by atoms with Crippen LogP contribution in [0.1, 0.15) is 91.3 Å². The summed E-state index contributed by atoms with van der Waals surface area (Å²) in [5.41, 5.74) is 6.90. The van der Waals surface area contributed by atoms with Crippen LogP contribution in [0.2, 0.25) is 0 Å². The summed E-state index contributed by atoms with van der Waals surface area (Å²) in [5, 5.41) is 5.53. The molecule has 0 aromatic heterocycles. The van der Waals surface area contributed by atoms with E-state index in [1.165, 1.54) is 38.5 Å². The normalized spacial score (nSPS) is 17.6. The average molecular weight is 479 g/mol. The zero-order valence-electron chi connectivity index (χ0n) is 19.1. The van der Waals surface area contributed by atoms with E-state index >= 15 is 0 Å². The van der Waals surface area contributed by atoms with Gasteiger partial charge in [0.15, 0.2) is 0 Å². The molecular formula is C24H35ClN4O4. The molecule has 1 atom stereocenters. The summed E-state index contributed by atoms with van der Waals surface area (Å²) < 4.78 is 0. The second-order valence-corrected chi connectivity index (χ2v) is 8.61. The standard InChI is InChI=1S/C24H34N4O4.ClH/c25-14-8-6-4-2-1-3-5-7-9-15-26-17-10-11-18-19(16-17)24(32)28(23(18)31)20-12-13-21(29)27-22(20)30;/h10-11,16,20,26H,1-9,12-15,25H2,(H,27,29,30);1H. The first kappa shape index (κ1) is 26.8. The smallest absolute Gasteiger partial charge is 0.262 e. The van der Waals surface area contributed by atoms with E-state index in [-0.39, 0.29) is 31.2 Å². The summed E-state index contributed by atoms with van der Waals surface area (Å²) in [6.07, 6.45) is 11.2. The van der Waals surface area contributed by atoms with Gasteiger partial charge in [-0.3, -0.25) is 29.4 Å². The van der Waals surface area contributed by atoms with E-state index in [4.69, 9.17) is 5.73 Å². The van der Waals surface area contributed by atoms with E-state index in [0.29, 0.717) is 11.1 Å². The van der Waals surface area contributed by atoms with Crippen molar-refractivity contribution in [2.75, 3.05) is 18.4 Å². The number of anilines is 1. The van der Waals surface area contributed by atoms with Gasteiger partial charge in [-0.15, -0.1) is 12.4 Å². The first-order valence-electron chi connectivity index (χ1n) is 11.8. The van der Waals surface area contributed by atoms with Crippen LogP contribution in [0.5, 0.6) is 0 Å². The van der Waals surface area contributed by atoms with E-state index < -0.39 is 23.8 Å². The summed E-state index contributed by atoms with van der Waals surface area (Å²) in [7, 11) is 0. The maximum atomic E-state index is 12.9. The highest BCUT2D eigenvalue weighted by Gasteiger charge is 2.44. The lowest BCUT2D eigenvalue weighted by Crippen LogP contribution is -2.54. The molecular weight excluding hydrogens is 444 g/mol. The third-order valence-corrected chi connectivity index (χ3v) is 6.15. The van der Waals surface area contributed by atoms with Gasteiger partial charge >= 0.3 is 0 Å². The van der Waals surface area contributed by atoms with Crippen LogP contribution in [0, 0.1) is 0 Å². The molecule has 0 spiro atoms. The number of rotatable bonds is 13. The van der Waals surface area contributed by atoms with Gasteiger partial charge in [-0.25, -0.2) is 0 Å². The molecule has 1 fully saturated rings.